The second kappa shape index (κ2) is 8.13. The highest BCUT2D eigenvalue weighted by Gasteiger charge is 2.43. The Morgan fingerprint density at radius 1 is 1.06 bits per heavy atom. The van der Waals surface area contributed by atoms with Crippen molar-refractivity contribution in [2.24, 2.45) is 0 Å². The van der Waals surface area contributed by atoms with Crippen LogP contribution in [-0.2, 0) is 4.74 Å². The second-order valence-electron chi connectivity index (χ2n) is 8.81. The molecule has 2 aromatic heterocycles. The number of hydrogen-bond donors (Lipinski definition) is 1. The number of ether oxygens (including phenoxy) is 1. The molecule has 0 aliphatic carbocycles. The highest BCUT2D eigenvalue weighted by molar-refractivity contribution is 6.33. The lowest BCUT2D eigenvalue weighted by Gasteiger charge is -2.39. The Morgan fingerprint density at radius 2 is 1.78 bits per heavy atom. The van der Waals surface area contributed by atoms with Crippen LogP contribution in [0.25, 0.3) is 22.3 Å². The topological polar surface area (TPSA) is 72.3 Å². The molecule has 0 atom stereocenters. The zero-order chi connectivity index (χ0) is 22.3. The van der Waals surface area contributed by atoms with Crippen molar-refractivity contribution in [3.05, 3.63) is 54.1 Å². The van der Waals surface area contributed by atoms with Crippen molar-refractivity contribution in [1.82, 2.24) is 20.1 Å². The zero-order valence-electron chi connectivity index (χ0n) is 18.2. The van der Waals surface area contributed by atoms with Gasteiger partial charge >= 0.3 is 6.09 Å². The molecule has 5 rings (SSSR count). The SMILES string of the molecule is CC(C)n1cc(-c2ccc(-c3cncc(Cl)c3N3CCC4(CC3)CNC(=O)O4)cc2)cn1. The first-order chi connectivity index (χ1) is 15.4. The largest absolute Gasteiger partial charge is 0.441 e. The Labute approximate surface area is 192 Å². The van der Waals surface area contributed by atoms with Crippen LogP contribution >= 0.6 is 11.6 Å². The van der Waals surface area contributed by atoms with E-state index in [1.54, 1.807) is 6.20 Å². The number of carbonyl (C=O) groups is 1. The predicted molar refractivity (Wildman–Crippen MR) is 125 cm³/mol. The smallest absolute Gasteiger partial charge is 0.407 e. The fraction of sp³-hybridized carbons (Fsp3) is 0.375. The van der Waals surface area contributed by atoms with Crippen LogP contribution in [0.4, 0.5) is 10.5 Å². The number of nitrogens with one attached hydrogen (secondary N) is 1. The van der Waals surface area contributed by atoms with Crippen molar-refractivity contribution in [2.75, 3.05) is 24.5 Å². The second-order valence-corrected chi connectivity index (χ2v) is 9.22. The predicted octanol–water partition coefficient (Wildman–Crippen LogP) is 4.93. The molecule has 2 saturated heterocycles. The summed E-state index contributed by atoms with van der Waals surface area (Å²) in [6.45, 7) is 6.33. The van der Waals surface area contributed by atoms with Crippen LogP contribution in [0.3, 0.4) is 0 Å². The molecule has 166 valence electrons. The van der Waals surface area contributed by atoms with Gasteiger partial charge in [-0.25, -0.2) is 4.79 Å². The maximum Gasteiger partial charge on any atom is 0.407 e. The Hall–Kier alpha value is -3.06. The summed E-state index contributed by atoms with van der Waals surface area (Å²) in [5, 5.41) is 7.86. The molecule has 8 heteroatoms. The normalized spacial score (nSPS) is 17.6. The van der Waals surface area contributed by atoms with Crippen LogP contribution in [0, 0.1) is 0 Å². The molecule has 0 radical (unpaired) electrons. The Morgan fingerprint density at radius 3 is 2.41 bits per heavy atom. The third-order valence-corrected chi connectivity index (χ3v) is 6.66. The van der Waals surface area contributed by atoms with Gasteiger partial charge in [0, 0.05) is 61.7 Å². The van der Waals surface area contributed by atoms with Crippen LogP contribution in [0.1, 0.15) is 32.7 Å². The van der Waals surface area contributed by atoms with Gasteiger partial charge in [-0.1, -0.05) is 35.9 Å². The van der Waals surface area contributed by atoms with E-state index in [2.05, 4.69) is 64.6 Å². The van der Waals surface area contributed by atoms with Gasteiger partial charge in [0.05, 0.1) is 23.5 Å². The minimum absolute atomic E-state index is 0.319. The molecule has 1 amide bonds. The van der Waals surface area contributed by atoms with Crippen molar-refractivity contribution in [3.63, 3.8) is 0 Å². The number of nitrogens with zero attached hydrogens (tertiary/aromatic N) is 4. The quantitative estimate of drug-likeness (QED) is 0.609. The number of hydrogen-bond acceptors (Lipinski definition) is 5. The number of piperidine rings is 1. The average molecular weight is 452 g/mol. The summed E-state index contributed by atoms with van der Waals surface area (Å²) in [5.41, 5.74) is 4.86. The van der Waals surface area contributed by atoms with Gasteiger partial charge in [-0.05, 0) is 25.0 Å². The van der Waals surface area contributed by atoms with Crippen molar-refractivity contribution < 1.29 is 9.53 Å². The Balaban J connectivity index is 1.40. The first-order valence-corrected chi connectivity index (χ1v) is 11.3. The number of rotatable bonds is 4. The lowest BCUT2D eigenvalue weighted by Crippen LogP contribution is -2.46. The van der Waals surface area contributed by atoms with E-state index in [1.165, 1.54) is 0 Å². The highest BCUT2D eigenvalue weighted by atomic mass is 35.5. The summed E-state index contributed by atoms with van der Waals surface area (Å²) in [7, 11) is 0. The van der Waals surface area contributed by atoms with E-state index < -0.39 is 5.60 Å². The van der Waals surface area contributed by atoms with Crippen LogP contribution < -0.4 is 10.2 Å². The van der Waals surface area contributed by atoms with Gasteiger partial charge < -0.3 is 15.0 Å². The van der Waals surface area contributed by atoms with E-state index in [0.29, 0.717) is 17.6 Å². The molecule has 0 unspecified atom stereocenters. The van der Waals surface area contributed by atoms with Crippen molar-refractivity contribution in [1.29, 1.82) is 0 Å². The molecule has 2 aliphatic heterocycles. The maximum atomic E-state index is 11.5. The summed E-state index contributed by atoms with van der Waals surface area (Å²) in [6.07, 6.45) is 8.74. The number of carbonyl (C=O) groups excluding carboxylic acids is 1. The lowest BCUT2D eigenvalue weighted by molar-refractivity contribution is 0.0367. The molecule has 1 N–H and O–H groups in total. The number of benzene rings is 1. The maximum absolute atomic E-state index is 11.5. The number of aromatic nitrogens is 3. The molecule has 4 heterocycles. The summed E-state index contributed by atoms with van der Waals surface area (Å²) in [4.78, 5) is 18.2. The van der Waals surface area contributed by atoms with E-state index in [4.69, 9.17) is 16.3 Å². The standard InChI is InChI=1S/C24H26ClN5O2/c1-16(2)30-14-19(11-28-30)17-3-5-18(6-4-17)20-12-26-13-21(25)22(20)29-9-7-24(8-10-29)15-27-23(31)32-24/h3-6,11-14,16H,7-10,15H2,1-2H3,(H,27,31). The van der Waals surface area contributed by atoms with Gasteiger partial charge in [-0.2, -0.15) is 5.10 Å². The Kier molecular flexibility index (Phi) is 5.29. The molecule has 1 spiro atoms. The average Bonchev–Trinajstić information content (AvgIpc) is 3.42. The zero-order valence-corrected chi connectivity index (χ0v) is 19.0. The van der Waals surface area contributed by atoms with E-state index >= 15 is 0 Å². The fourth-order valence-corrected chi connectivity index (χ4v) is 4.77. The summed E-state index contributed by atoms with van der Waals surface area (Å²) in [6, 6.07) is 8.75. The minimum Gasteiger partial charge on any atom is -0.441 e. The van der Waals surface area contributed by atoms with Crippen molar-refractivity contribution in [3.8, 4) is 22.3 Å². The molecule has 1 aromatic carbocycles. The number of alkyl carbamates (subject to hydrolysis) is 1. The van der Waals surface area contributed by atoms with E-state index in [0.717, 1.165) is 53.9 Å². The van der Waals surface area contributed by atoms with Crippen LogP contribution in [0.15, 0.2) is 49.1 Å². The first-order valence-electron chi connectivity index (χ1n) is 10.9. The van der Waals surface area contributed by atoms with Crippen molar-refractivity contribution >= 4 is 23.4 Å². The van der Waals surface area contributed by atoms with Crippen LogP contribution in [-0.4, -0.2) is 46.1 Å². The van der Waals surface area contributed by atoms with Gasteiger partial charge in [-0.3, -0.25) is 9.67 Å². The highest BCUT2D eigenvalue weighted by Crippen LogP contribution is 2.40. The molecule has 32 heavy (non-hydrogen) atoms. The van der Waals surface area contributed by atoms with Crippen molar-refractivity contribution in [2.45, 2.75) is 38.3 Å². The third kappa shape index (κ3) is 3.81. The van der Waals surface area contributed by atoms with Gasteiger partial charge in [0.2, 0.25) is 0 Å². The number of halogens is 1. The number of anilines is 1. The van der Waals surface area contributed by atoms with Gasteiger partial charge in [0.25, 0.3) is 0 Å². The lowest BCUT2D eigenvalue weighted by atomic mass is 9.91. The monoisotopic (exact) mass is 451 g/mol. The molecular weight excluding hydrogens is 426 g/mol. The summed E-state index contributed by atoms with van der Waals surface area (Å²) >= 11 is 6.63. The summed E-state index contributed by atoms with van der Waals surface area (Å²) < 4.78 is 7.52. The van der Waals surface area contributed by atoms with E-state index in [9.17, 15) is 4.79 Å². The van der Waals surface area contributed by atoms with E-state index in [1.807, 2.05) is 17.1 Å². The summed E-state index contributed by atoms with van der Waals surface area (Å²) in [5.74, 6) is 0. The molecule has 2 aliphatic rings. The van der Waals surface area contributed by atoms with Crippen LogP contribution in [0.5, 0.6) is 0 Å². The Bertz CT molecular complexity index is 1130. The number of amides is 1. The van der Waals surface area contributed by atoms with Gasteiger partial charge in [0.15, 0.2) is 0 Å². The molecule has 0 bridgehead atoms. The van der Waals surface area contributed by atoms with Gasteiger partial charge in [0.1, 0.15) is 5.60 Å². The first kappa shape index (κ1) is 20.8. The molecule has 7 nitrogen and oxygen atoms in total. The molecular formula is C24H26ClN5O2. The number of pyridine rings is 1. The fourth-order valence-electron chi connectivity index (χ4n) is 4.49. The van der Waals surface area contributed by atoms with Gasteiger partial charge in [-0.15, -0.1) is 0 Å². The van der Waals surface area contributed by atoms with E-state index in [-0.39, 0.29) is 6.09 Å². The minimum atomic E-state index is -0.394. The third-order valence-electron chi connectivity index (χ3n) is 6.39. The van der Waals surface area contributed by atoms with Crippen LogP contribution in [0.2, 0.25) is 5.02 Å². The molecule has 2 fully saturated rings. The molecule has 0 saturated carbocycles. The molecule has 3 aromatic rings.